The average Bonchev–Trinajstić information content (AvgIpc) is 3.07. The highest BCUT2D eigenvalue weighted by atomic mass is 16.5. The van der Waals surface area contributed by atoms with Gasteiger partial charge in [0.15, 0.2) is 11.5 Å². The summed E-state index contributed by atoms with van der Waals surface area (Å²) in [5.74, 6) is 2.23. The van der Waals surface area contributed by atoms with Crippen LogP contribution in [0.2, 0.25) is 0 Å². The molecule has 0 aromatic heterocycles. The number of para-hydroxylation sites is 1. The van der Waals surface area contributed by atoms with Crippen LogP contribution in [0.5, 0.6) is 11.5 Å². The zero-order valence-corrected chi connectivity index (χ0v) is 9.82. The summed E-state index contributed by atoms with van der Waals surface area (Å²) < 4.78 is 10.6. The van der Waals surface area contributed by atoms with Crippen LogP contribution >= 0.6 is 0 Å². The van der Waals surface area contributed by atoms with Gasteiger partial charge in [0.1, 0.15) is 5.78 Å². The second kappa shape index (κ2) is 4.16. The van der Waals surface area contributed by atoms with Crippen LogP contribution in [-0.4, -0.2) is 20.0 Å². The van der Waals surface area contributed by atoms with Crippen LogP contribution in [0.4, 0.5) is 0 Å². The van der Waals surface area contributed by atoms with Gasteiger partial charge in [-0.1, -0.05) is 12.1 Å². The van der Waals surface area contributed by atoms with Crippen LogP contribution < -0.4 is 9.47 Å². The maximum Gasteiger partial charge on any atom is 0.164 e. The smallest absolute Gasteiger partial charge is 0.164 e. The number of hydrogen-bond acceptors (Lipinski definition) is 3. The summed E-state index contributed by atoms with van der Waals surface area (Å²) in [6.45, 7) is 1.65. The van der Waals surface area contributed by atoms with E-state index in [2.05, 4.69) is 0 Å². The van der Waals surface area contributed by atoms with Crippen molar-refractivity contribution in [3.8, 4) is 11.5 Å². The molecule has 0 unspecified atom stereocenters. The third-order valence-electron chi connectivity index (χ3n) is 3.15. The molecular weight excluding hydrogens is 204 g/mol. The highest BCUT2D eigenvalue weighted by Crippen LogP contribution is 2.52. The van der Waals surface area contributed by atoms with Gasteiger partial charge < -0.3 is 9.47 Å². The van der Waals surface area contributed by atoms with Crippen LogP contribution in [0.1, 0.15) is 24.8 Å². The lowest BCUT2D eigenvalue weighted by atomic mass is 10.1. The summed E-state index contributed by atoms with van der Waals surface area (Å²) in [5.41, 5.74) is 1.09. The van der Waals surface area contributed by atoms with E-state index in [0.717, 1.165) is 23.5 Å². The van der Waals surface area contributed by atoms with Crippen molar-refractivity contribution in [2.45, 2.75) is 19.3 Å². The van der Waals surface area contributed by atoms with Gasteiger partial charge in [-0.15, -0.1) is 0 Å². The van der Waals surface area contributed by atoms with Gasteiger partial charge >= 0.3 is 0 Å². The fourth-order valence-corrected chi connectivity index (χ4v) is 2.19. The van der Waals surface area contributed by atoms with Crippen molar-refractivity contribution in [1.82, 2.24) is 0 Å². The van der Waals surface area contributed by atoms with E-state index in [4.69, 9.17) is 9.47 Å². The molecular formula is C13H16O3. The maximum atomic E-state index is 11.3. The van der Waals surface area contributed by atoms with Crippen molar-refractivity contribution < 1.29 is 14.3 Å². The molecule has 0 bridgehead atoms. The Kier molecular flexibility index (Phi) is 2.86. The van der Waals surface area contributed by atoms with Crippen molar-refractivity contribution in [3.05, 3.63) is 23.8 Å². The van der Waals surface area contributed by atoms with Crippen molar-refractivity contribution in [3.63, 3.8) is 0 Å². The lowest BCUT2D eigenvalue weighted by molar-refractivity contribution is -0.118. The number of benzene rings is 1. The van der Waals surface area contributed by atoms with Crippen LogP contribution in [0, 0.1) is 5.92 Å². The summed E-state index contributed by atoms with van der Waals surface area (Å²) in [6, 6.07) is 5.81. The number of Topliss-reactive ketones (excluding diaryl/α,β-unsaturated/α-hetero) is 1. The van der Waals surface area contributed by atoms with Crippen LogP contribution in [0.15, 0.2) is 18.2 Å². The SMILES string of the molecule is COc1cccc([C@@H]2C[C@@H]2C(C)=O)c1OC. The minimum Gasteiger partial charge on any atom is -0.493 e. The molecule has 0 amide bonds. The Morgan fingerprint density at radius 1 is 1.31 bits per heavy atom. The van der Waals surface area contributed by atoms with Gasteiger partial charge in [0, 0.05) is 11.5 Å². The second-order valence-electron chi connectivity index (χ2n) is 4.14. The zero-order valence-electron chi connectivity index (χ0n) is 9.82. The summed E-state index contributed by atoms with van der Waals surface area (Å²) in [4.78, 5) is 11.3. The molecule has 1 aliphatic carbocycles. The molecule has 0 aliphatic heterocycles. The fourth-order valence-electron chi connectivity index (χ4n) is 2.19. The molecule has 0 N–H and O–H groups in total. The fraction of sp³-hybridized carbons (Fsp3) is 0.462. The number of carbonyl (C=O) groups is 1. The minimum absolute atomic E-state index is 0.168. The molecule has 1 saturated carbocycles. The molecule has 1 aromatic carbocycles. The molecule has 3 nitrogen and oxygen atoms in total. The normalized spacial score (nSPS) is 22.7. The van der Waals surface area contributed by atoms with Gasteiger partial charge in [0.2, 0.25) is 0 Å². The minimum atomic E-state index is 0.168. The molecule has 0 heterocycles. The Labute approximate surface area is 95.4 Å². The molecule has 86 valence electrons. The Morgan fingerprint density at radius 3 is 2.56 bits per heavy atom. The average molecular weight is 220 g/mol. The first-order valence-corrected chi connectivity index (χ1v) is 5.40. The van der Waals surface area contributed by atoms with Crippen LogP contribution in [0.3, 0.4) is 0 Å². The summed E-state index contributed by atoms with van der Waals surface area (Å²) in [7, 11) is 3.25. The number of rotatable bonds is 4. The van der Waals surface area contributed by atoms with E-state index in [1.54, 1.807) is 21.1 Å². The maximum absolute atomic E-state index is 11.3. The van der Waals surface area contributed by atoms with E-state index in [9.17, 15) is 4.79 Å². The third-order valence-corrected chi connectivity index (χ3v) is 3.15. The monoisotopic (exact) mass is 220 g/mol. The van der Waals surface area contributed by atoms with Gasteiger partial charge in [-0.3, -0.25) is 4.79 Å². The summed E-state index contributed by atoms with van der Waals surface area (Å²) in [6.07, 6.45) is 0.929. The first-order valence-electron chi connectivity index (χ1n) is 5.40. The Bertz CT molecular complexity index is 412. The van der Waals surface area contributed by atoms with E-state index >= 15 is 0 Å². The Hall–Kier alpha value is -1.51. The van der Waals surface area contributed by atoms with Crippen LogP contribution in [-0.2, 0) is 4.79 Å². The van der Waals surface area contributed by atoms with E-state index in [-0.39, 0.29) is 11.7 Å². The molecule has 0 spiro atoms. The van der Waals surface area contributed by atoms with Gasteiger partial charge in [0.05, 0.1) is 14.2 Å². The number of ketones is 1. The predicted molar refractivity (Wildman–Crippen MR) is 61.1 cm³/mol. The third kappa shape index (κ3) is 1.77. The van der Waals surface area contributed by atoms with Gasteiger partial charge in [-0.05, 0) is 25.3 Å². The molecule has 1 fully saturated rings. The first kappa shape index (κ1) is 11.0. The molecule has 1 aliphatic rings. The molecule has 3 heteroatoms. The highest BCUT2D eigenvalue weighted by Gasteiger charge is 2.43. The number of ether oxygens (including phenoxy) is 2. The lowest BCUT2D eigenvalue weighted by Gasteiger charge is -2.12. The van der Waals surface area contributed by atoms with Crippen LogP contribution in [0.25, 0.3) is 0 Å². The molecule has 0 radical (unpaired) electrons. The molecule has 2 atom stereocenters. The molecule has 1 aromatic rings. The van der Waals surface area contributed by atoms with E-state index in [1.165, 1.54) is 0 Å². The predicted octanol–water partition coefficient (Wildman–Crippen LogP) is 2.40. The zero-order chi connectivity index (χ0) is 11.7. The number of methoxy groups -OCH3 is 2. The number of hydrogen-bond donors (Lipinski definition) is 0. The second-order valence-corrected chi connectivity index (χ2v) is 4.14. The lowest BCUT2D eigenvalue weighted by Crippen LogP contribution is -1.98. The largest absolute Gasteiger partial charge is 0.493 e. The molecule has 0 saturated heterocycles. The summed E-state index contributed by atoms with van der Waals surface area (Å²) >= 11 is 0. The Morgan fingerprint density at radius 2 is 2.06 bits per heavy atom. The standard InChI is InChI=1S/C13H16O3/c1-8(14)10-7-11(10)9-5-4-6-12(15-2)13(9)16-3/h4-6,10-11H,7H2,1-3H3/t10-,11+/m1/s1. The highest BCUT2D eigenvalue weighted by molar-refractivity contribution is 5.83. The van der Waals surface area contributed by atoms with Crippen molar-refractivity contribution in [1.29, 1.82) is 0 Å². The number of carbonyl (C=O) groups excluding carboxylic acids is 1. The van der Waals surface area contributed by atoms with E-state index < -0.39 is 0 Å². The topological polar surface area (TPSA) is 35.5 Å². The molecule has 16 heavy (non-hydrogen) atoms. The molecule has 2 rings (SSSR count). The van der Waals surface area contributed by atoms with Crippen molar-refractivity contribution >= 4 is 5.78 Å². The summed E-state index contributed by atoms with van der Waals surface area (Å²) in [5, 5.41) is 0. The van der Waals surface area contributed by atoms with Crippen molar-refractivity contribution in [2.75, 3.05) is 14.2 Å². The first-order chi connectivity index (χ1) is 7.69. The van der Waals surface area contributed by atoms with Gasteiger partial charge in [0.25, 0.3) is 0 Å². The Balaban J connectivity index is 2.31. The van der Waals surface area contributed by atoms with E-state index in [1.807, 2.05) is 18.2 Å². The van der Waals surface area contributed by atoms with Gasteiger partial charge in [-0.2, -0.15) is 0 Å². The van der Waals surface area contributed by atoms with Gasteiger partial charge in [-0.25, -0.2) is 0 Å². The van der Waals surface area contributed by atoms with E-state index in [0.29, 0.717) is 5.92 Å². The quantitative estimate of drug-likeness (QED) is 0.781. The van der Waals surface area contributed by atoms with Crippen molar-refractivity contribution in [2.24, 2.45) is 5.92 Å².